The fraction of sp³-hybridized carbons (Fsp3) is 0.294. The van der Waals surface area contributed by atoms with Crippen molar-refractivity contribution in [3.63, 3.8) is 0 Å². The fourth-order valence-corrected chi connectivity index (χ4v) is 4.25. The van der Waals surface area contributed by atoms with Gasteiger partial charge in [-0.25, -0.2) is 0 Å². The molecule has 46 heavy (non-hydrogen) atoms. The van der Waals surface area contributed by atoms with Crippen LogP contribution in [-0.2, 0) is 12.4 Å². The molecule has 4 aromatic carbocycles. The lowest BCUT2D eigenvalue weighted by atomic mass is 10.1. The molecule has 252 valence electrons. The average molecular weight is 692 g/mol. The summed E-state index contributed by atoms with van der Waals surface area (Å²) in [5.41, 5.74) is 0.646. The van der Waals surface area contributed by atoms with Crippen LogP contribution < -0.4 is 20.1 Å². The van der Waals surface area contributed by atoms with Gasteiger partial charge in [0.2, 0.25) is 0 Å². The van der Waals surface area contributed by atoms with Crippen LogP contribution in [0.4, 0.5) is 26.3 Å². The van der Waals surface area contributed by atoms with Gasteiger partial charge in [0.25, 0.3) is 0 Å². The Morgan fingerprint density at radius 3 is 1.07 bits per heavy atom. The molecule has 0 heterocycles. The molecule has 0 spiro atoms. The molecule has 0 aliphatic carbocycles. The molecule has 2 N–H and O–H groups in total. The van der Waals surface area contributed by atoms with E-state index in [0.717, 1.165) is 61.3 Å². The van der Waals surface area contributed by atoms with Gasteiger partial charge in [-0.1, -0.05) is 60.7 Å². The Kier molecular flexibility index (Phi) is 17.6. The Balaban J connectivity index is 0.000000441. The van der Waals surface area contributed by atoms with Crippen molar-refractivity contribution in [3.8, 4) is 11.5 Å². The van der Waals surface area contributed by atoms with Gasteiger partial charge in [-0.05, 0) is 86.8 Å². The van der Waals surface area contributed by atoms with Gasteiger partial charge in [0.05, 0.1) is 11.1 Å². The third kappa shape index (κ3) is 13.5. The zero-order chi connectivity index (χ0) is 32.0. The molecule has 0 saturated carbocycles. The minimum Gasteiger partial charge on any atom is -0.486 e. The second kappa shape index (κ2) is 19.9. The Morgan fingerprint density at radius 1 is 0.500 bits per heavy atom. The third-order valence-corrected chi connectivity index (χ3v) is 6.58. The van der Waals surface area contributed by atoms with Gasteiger partial charge >= 0.3 is 12.4 Å². The van der Waals surface area contributed by atoms with Gasteiger partial charge in [0.1, 0.15) is 23.7 Å². The van der Waals surface area contributed by atoms with Crippen molar-refractivity contribution >= 4 is 24.8 Å². The normalized spacial score (nSPS) is 12.3. The Labute approximate surface area is 278 Å². The van der Waals surface area contributed by atoms with Crippen molar-refractivity contribution in [1.82, 2.24) is 10.6 Å². The fourth-order valence-electron chi connectivity index (χ4n) is 4.25. The summed E-state index contributed by atoms with van der Waals surface area (Å²) in [7, 11) is 3.69. The second-order valence-corrected chi connectivity index (χ2v) is 9.86. The number of hydrogen-bond donors (Lipinski definition) is 2. The molecular formula is C34H38Cl2F6N2O2. The monoisotopic (exact) mass is 690 g/mol. The predicted octanol–water partition coefficient (Wildman–Crippen LogP) is 9.71. The number of hydrogen-bond acceptors (Lipinski definition) is 4. The largest absolute Gasteiger partial charge is 0.486 e. The summed E-state index contributed by atoms with van der Waals surface area (Å²) >= 11 is 0. The number of benzene rings is 4. The summed E-state index contributed by atoms with van der Waals surface area (Å²) in [6.45, 7) is 1.50. The molecule has 0 aliphatic heterocycles. The second-order valence-electron chi connectivity index (χ2n) is 9.86. The average Bonchev–Trinajstić information content (AvgIpc) is 3.02. The highest BCUT2D eigenvalue weighted by Gasteiger charge is 2.31. The van der Waals surface area contributed by atoms with Crippen LogP contribution in [0.1, 0.15) is 47.3 Å². The Morgan fingerprint density at radius 2 is 0.804 bits per heavy atom. The Hall–Kier alpha value is -3.44. The molecule has 0 radical (unpaired) electrons. The molecular weight excluding hydrogens is 653 g/mol. The first kappa shape index (κ1) is 40.6. The summed E-state index contributed by atoms with van der Waals surface area (Å²) in [5.74, 6) is 0.857. The van der Waals surface area contributed by atoms with Crippen LogP contribution in [0.5, 0.6) is 11.5 Å². The van der Waals surface area contributed by atoms with E-state index in [4.69, 9.17) is 9.47 Å². The highest BCUT2D eigenvalue weighted by Crippen LogP contribution is 2.33. The van der Waals surface area contributed by atoms with Gasteiger partial charge in [0.15, 0.2) is 0 Å². The quantitative estimate of drug-likeness (QED) is 0.145. The zero-order valence-corrected chi connectivity index (χ0v) is 26.9. The van der Waals surface area contributed by atoms with Crippen LogP contribution >= 0.6 is 24.8 Å². The minimum atomic E-state index is -4.33. The molecule has 0 saturated heterocycles. The summed E-state index contributed by atoms with van der Waals surface area (Å²) in [6.07, 6.45) is -7.62. The van der Waals surface area contributed by atoms with Crippen LogP contribution in [0, 0.1) is 0 Å². The van der Waals surface area contributed by atoms with E-state index < -0.39 is 23.5 Å². The van der Waals surface area contributed by atoms with Crippen LogP contribution in [0.2, 0.25) is 0 Å². The van der Waals surface area contributed by atoms with Gasteiger partial charge in [0, 0.05) is 12.8 Å². The summed E-state index contributed by atoms with van der Waals surface area (Å²) in [5, 5.41) is 6.11. The van der Waals surface area contributed by atoms with E-state index in [1.807, 2.05) is 74.8 Å². The number of rotatable bonds is 12. The summed E-state index contributed by atoms with van der Waals surface area (Å²) in [6, 6.07) is 28.9. The molecule has 0 bridgehead atoms. The van der Waals surface area contributed by atoms with E-state index in [1.54, 1.807) is 0 Å². The van der Waals surface area contributed by atoms with Gasteiger partial charge < -0.3 is 20.1 Å². The molecule has 0 fully saturated rings. The van der Waals surface area contributed by atoms with E-state index in [2.05, 4.69) is 10.6 Å². The molecule has 2 atom stereocenters. The topological polar surface area (TPSA) is 42.5 Å². The van der Waals surface area contributed by atoms with Crippen LogP contribution in [0.15, 0.2) is 109 Å². The number of nitrogens with one attached hydrogen (secondary N) is 2. The smallest absolute Gasteiger partial charge is 0.416 e. The van der Waals surface area contributed by atoms with Crippen molar-refractivity contribution in [1.29, 1.82) is 0 Å². The standard InChI is InChI=1S/2C17H18F3NO.2ClH/c2*1-21-12-11-16(13-5-3-2-4-6-13)22-15-9-7-14(8-10-15)17(18,19)20;;/h2*2-10,16,21H,11-12H2,1H3;2*1H. The molecule has 4 nitrogen and oxygen atoms in total. The first-order valence-electron chi connectivity index (χ1n) is 14.1. The summed E-state index contributed by atoms with van der Waals surface area (Å²) in [4.78, 5) is 0. The number of alkyl halides is 6. The third-order valence-electron chi connectivity index (χ3n) is 6.58. The van der Waals surface area contributed by atoms with Crippen LogP contribution in [0.25, 0.3) is 0 Å². The van der Waals surface area contributed by atoms with Gasteiger partial charge in [-0.3, -0.25) is 0 Å². The van der Waals surface area contributed by atoms with E-state index in [9.17, 15) is 26.3 Å². The van der Waals surface area contributed by atoms with E-state index in [-0.39, 0.29) is 37.0 Å². The maximum Gasteiger partial charge on any atom is 0.416 e. The number of halogens is 8. The van der Waals surface area contributed by atoms with Gasteiger partial charge in [-0.2, -0.15) is 26.3 Å². The lowest BCUT2D eigenvalue weighted by Crippen LogP contribution is -2.16. The number of ether oxygens (including phenoxy) is 2. The van der Waals surface area contributed by atoms with E-state index in [0.29, 0.717) is 11.5 Å². The zero-order valence-electron chi connectivity index (χ0n) is 25.3. The molecule has 2 unspecified atom stereocenters. The maximum atomic E-state index is 12.6. The van der Waals surface area contributed by atoms with Crippen molar-refractivity contribution in [2.24, 2.45) is 0 Å². The van der Waals surface area contributed by atoms with E-state index in [1.165, 1.54) is 24.3 Å². The first-order valence-corrected chi connectivity index (χ1v) is 14.1. The lowest BCUT2D eigenvalue weighted by Gasteiger charge is -2.20. The lowest BCUT2D eigenvalue weighted by molar-refractivity contribution is -0.138. The molecule has 4 aromatic rings. The predicted molar refractivity (Wildman–Crippen MR) is 174 cm³/mol. The maximum absolute atomic E-state index is 12.6. The first-order chi connectivity index (χ1) is 21.0. The molecule has 0 amide bonds. The molecule has 0 aliphatic rings. The van der Waals surface area contributed by atoms with Crippen LogP contribution in [-0.4, -0.2) is 27.2 Å². The van der Waals surface area contributed by atoms with Crippen LogP contribution in [0.3, 0.4) is 0 Å². The molecule has 4 rings (SSSR count). The van der Waals surface area contributed by atoms with Crippen molar-refractivity contribution in [2.75, 3.05) is 27.2 Å². The van der Waals surface area contributed by atoms with Gasteiger partial charge in [-0.15, -0.1) is 24.8 Å². The molecule has 12 heteroatoms. The SMILES string of the molecule is CNCCC(Oc1ccc(C(F)(F)F)cc1)c1ccccc1.CNCCC(Oc1ccc(C(F)(F)F)cc1)c1ccccc1.Cl.Cl. The minimum absolute atomic E-state index is 0. The highest BCUT2D eigenvalue weighted by molar-refractivity contribution is 5.85. The van der Waals surface area contributed by atoms with Crippen molar-refractivity contribution in [2.45, 2.75) is 37.4 Å². The highest BCUT2D eigenvalue weighted by atomic mass is 35.5. The van der Waals surface area contributed by atoms with Crippen molar-refractivity contribution < 1.29 is 35.8 Å². The van der Waals surface area contributed by atoms with Crippen molar-refractivity contribution in [3.05, 3.63) is 131 Å². The van der Waals surface area contributed by atoms with E-state index >= 15 is 0 Å². The summed E-state index contributed by atoms with van der Waals surface area (Å²) < 4.78 is 87.1. The Bertz CT molecular complexity index is 1250. The molecule has 0 aromatic heterocycles.